The second kappa shape index (κ2) is 9.53. The lowest BCUT2D eigenvalue weighted by molar-refractivity contribution is -0.147. The lowest BCUT2D eigenvalue weighted by Gasteiger charge is -2.35. The van der Waals surface area contributed by atoms with Gasteiger partial charge in [-0.05, 0) is 44.2 Å². The highest BCUT2D eigenvalue weighted by molar-refractivity contribution is 5.87. The van der Waals surface area contributed by atoms with E-state index in [0.29, 0.717) is 29.2 Å². The van der Waals surface area contributed by atoms with E-state index < -0.39 is 11.8 Å². The van der Waals surface area contributed by atoms with E-state index in [4.69, 9.17) is 4.98 Å². The Kier molecular flexibility index (Phi) is 6.44. The van der Waals surface area contributed by atoms with E-state index in [1.807, 2.05) is 12.1 Å². The lowest BCUT2D eigenvalue weighted by atomic mass is 9.77. The molecule has 2 fully saturated rings. The van der Waals surface area contributed by atoms with E-state index in [9.17, 15) is 13.6 Å². The van der Waals surface area contributed by atoms with Gasteiger partial charge >= 0.3 is 0 Å². The molecule has 1 aliphatic heterocycles. The molecule has 0 bridgehead atoms. The van der Waals surface area contributed by atoms with Gasteiger partial charge in [0.25, 0.3) is 0 Å². The highest BCUT2D eigenvalue weighted by Crippen LogP contribution is 2.43. The summed E-state index contributed by atoms with van der Waals surface area (Å²) in [5.74, 6) is -2.72. The number of likely N-dealkylation sites (tertiary alicyclic amines) is 1. The van der Waals surface area contributed by atoms with Gasteiger partial charge in [0.15, 0.2) is 0 Å². The Hall–Kier alpha value is -3.07. The Bertz CT molecular complexity index is 1220. The van der Waals surface area contributed by atoms with Crippen LogP contribution in [0.5, 0.6) is 0 Å². The fraction of sp³-hybridized carbons (Fsp3) is 0.500. The number of carbonyl (C=O) groups is 1. The first-order valence-corrected chi connectivity index (χ1v) is 12.2. The van der Waals surface area contributed by atoms with Crippen molar-refractivity contribution in [3.05, 3.63) is 42.6 Å². The fourth-order valence-electron chi connectivity index (χ4n) is 4.86. The molecule has 1 saturated heterocycles. The van der Waals surface area contributed by atoms with E-state index in [1.54, 1.807) is 24.8 Å². The van der Waals surface area contributed by atoms with Crippen molar-refractivity contribution in [2.45, 2.75) is 64.0 Å². The number of ketones is 1. The number of anilines is 1. The van der Waals surface area contributed by atoms with Crippen LogP contribution in [0.25, 0.3) is 22.2 Å². The van der Waals surface area contributed by atoms with E-state index in [2.05, 4.69) is 39.0 Å². The monoisotopic (exact) mass is 480 g/mol. The third-order valence-corrected chi connectivity index (χ3v) is 7.07. The Morgan fingerprint density at radius 2 is 1.80 bits per heavy atom. The Balaban J connectivity index is 1.28. The molecule has 2 aliphatic rings. The topological polar surface area (TPSA) is 83.9 Å². The van der Waals surface area contributed by atoms with Gasteiger partial charge in [0.2, 0.25) is 5.92 Å². The van der Waals surface area contributed by atoms with Crippen molar-refractivity contribution in [2.75, 3.05) is 18.4 Å². The molecule has 1 aliphatic carbocycles. The van der Waals surface area contributed by atoms with Crippen LogP contribution in [-0.2, 0) is 11.2 Å². The van der Waals surface area contributed by atoms with Gasteiger partial charge in [-0.25, -0.2) is 13.8 Å². The van der Waals surface area contributed by atoms with Gasteiger partial charge < -0.3 is 10.2 Å². The third-order valence-electron chi connectivity index (χ3n) is 7.07. The molecule has 184 valence electrons. The van der Waals surface area contributed by atoms with Gasteiger partial charge in [-0.1, -0.05) is 0 Å². The molecule has 1 N–H and O–H groups in total. The van der Waals surface area contributed by atoms with Crippen LogP contribution in [0.1, 0.15) is 45.2 Å². The summed E-state index contributed by atoms with van der Waals surface area (Å²) in [5, 5.41) is 5.22. The molecule has 4 heterocycles. The van der Waals surface area contributed by atoms with Crippen molar-refractivity contribution < 1.29 is 13.6 Å². The number of pyridine rings is 2. The molecular weight excluding hydrogens is 450 g/mol. The molecule has 3 aromatic rings. The number of rotatable bonds is 7. The van der Waals surface area contributed by atoms with Crippen LogP contribution >= 0.6 is 0 Å². The number of Topliss-reactive ketones (excluding diaryl/α,β-unsaturated/α-hetero) is 1. The largest absolute Gasteiger partial charge is 0.366 e. The maximum absolute atomic E-state index is 13.1. The van der Waals surface area contributed by atoms with Crippen LogP contribution in [0.3, 0.4) is 0 Å². The average Bonchev–Trinajstić information content (AvgIpc) is 2.82. The van der Waals surface area contributed by atoms with Gasteiger partial charge in [0.05, 0.1) is 18.1 Å². The zero-order chi connectivity index (χ0) is 24.6. The van der Waals surface area contributed by atoms with Crippen LogP contribution in [0, 0.1) is 5.92 Å². The molecule has 9 heteroatoms. The summed E-state index contributed by atoms with van der Waals surface area (Å²) in [4.78, 5) is 32.8. The Labute approximate surface area is 203 Å². The molecular formula is C26H30F2N6O. The van der Waals surface area contributed by atoms with Crippen molar-refractivity contribution in [1.82, 2.24) is 24.8 Å². The second-order valence-corrected chi connectivity index (χ2v) is 10.0. The van der Waals surface area contributed by atoms with Crippen molar-refractivity contribution in [3.8, 4) is 11.4 Å². The lowest BCUT2D eigenvalue weighted by Crippen LogP contribution is -2.42. The molecule has 0 amide bonds. The standard InChI is InChI=1S/C26H30F2N6O/c1-16(2)34-5-3-20(4-6-34)32-25-15-29-14-23(33-25)22-8-17-7-21(30-12-19(17)13-31-22)9-24(35)18-10-26(27,28)11-18/h7-8,12-16,18,20H,3-6,9-11H2,1-2H3,(H,32,33). The molecule has 35 heavy (non-hydrogen) atoms. The normalized spacial score (nSPS) is 19.1. The SMILES string of the molecule is CC(C)N1CCC(Nc2cncc(-c3cc4cc(CC(=O)C5CC(F)(F)C5)ncc4cn3)n2)CC1. The minimum Gasteiger partial charge on any atom is -0.366 e. The zero-order valence-corrected chi connectivity index (χ0v) is 20.0. The summed E-state index contributed by atoms with van der Waals surface area (Å²) in [6, 6.07) is 4.65. The van der Waals surface area contributed by atoms with Crippen LogP contribution in [-0.4, -0.2) is 61.7 Å². The number of nitrogens with zero attached hydrogens (tertiary/aromatic N) is 5. The summed E-state index contributed by atoms with van der Waals surface area (Å²) in [6.45, 7) is 6.59. The molecule has 7 nitrogen and oxygen atoms in total. The maximum Gasteiger partial charge on any atom is 0.249 e. The number of piperidine rings is 1. The molecule has 5 rings (SSSR count). The van der Waals surface area contributed by atoms with E-state index >= 15 is 0 Å². The molecule has 0 radical (unpaired) electrons. The number of hydrogen-bond donors (Lipinski definition) is 1. The summed E-state index contributed by atoms with van der Waals surface area (Å²) >= 11 is 0. The minimum atomic E-state index is -2.70. The summed E-state index contributed by atoms with van der Waals surface area (Å²) in [6.07, 6.45) is 8.27. The maximum atomic E-state index is 13.1. The van der Waals surface area contributed by atoms with Gasteiger partial charge in [-0.15, -0.1) is 0 Å². The Morgan fingerprint density at radius 3 is 2.51 bits per heavy atom. The summed E-state index contributed by atoms with van der Waals surface area (Å²) in [7, 11) is 0. The third kappa shape index (κ3) is 5.45. The number of aromatic nitrogens is 4. The minimum absolute atomic E-state index is 0.0587. The molecule has 1 saturated carbocycles. The highest BCUT2D eigenvalue weighted by Gasteiger charge is 2.48. The quantitative estimate of drug-likeness (QED) is 0.532. The van der Waals surface area contributed by atoms with E-state index in [0.717, 1.165) is 42.5 Å². The molecule has 0 atom stereocenters. The van der Waals surface area contributed by atoms with Crippen molar-refractivity contribution in [3.63, 3.8) is 0 Å². The van der Waals surface area contributed by atoms with Crippen LogP contribution < -0.4 is 5.32 Å². The number of halogens is 2. The van der Waals surface area contributed by atoms with Crippen molar-refractivity contribution in [1.29, 1.82) is 0 Å². The first-order valence-electron chi connectivity index (χ1n) is 12.2. The average molecular weight is 481 g/mol. The summed E-state index contributed by atoms with van der Waals surface area (Å²) in [5.41, 5.74) is 1.90. The zero-order valence-electron chi connectivity index (χ0n) is 20.0. The number of fused-ring (bicyclic) bond motifs is 1. The highest BCUT2D eigenvalue weighted by atomic mass is 19.3. The predicted molar refractivity (Wildman–Crippen MR) is 130 cm³/mol. The molecule has 0 unspecified atom stereocenters. The van der Waals surface area contributed by atoms with E-state index in [-0.39, 0.29) is 25.0 Å². The van der Waals surface area contributed by atoms with Crippen LogP contribution in [0.4, 0.5) is 14.6 Å². The predicted octanol–water partition coefficient (Wildman–Crippen LogP) is 4.53. The smallest absolute Gasteiger partial charge is 0.249 e. The van der Waals surface area contributed by atoms with Crippen molar-refractivity contribution >= 4 is 22.4 Å². The van der Waals surface area contributed by atoms with Gasteiger partial charge in [-0.3, -0.25) is 19.7 Å². The number of alkyl halides is 2. The summed E-state index contributed by atoms with van der Waals surface area (Å²) < 4.78 is 26.2. The van der Waals surface area contributed by atoms with Crippen LogP contribution in [0.15, 0.2) is 36.9 Å². The first-order chi connectivity index (χ1) is 16.8. The van der Waals surface area contributed by atoms with Gasteiger partial charge in [0.1, 0.15) is 17.3 Å². The fourth-order valence-corrected chi connectivity index (χ4v) is 4.86. The molecule has 0 spiro atoms. The number of nitrogens with one attached hydrogen (secondary N) is 1. The Morgan fingerprint density at radius 1 is 1.06 bits per heavy atom. The number of hydrogen-bond acceptors (Lipinski definition) is 7. The van der Waals surface area contributed by atoms with E-state index in [1.165, 1.54) is 0 Å². The van der Waals surface area contributed by atoms with Crippen molar-refractivity contribution in [2.24, 2.45) is 5.92 Å². The van der Waals surface area contributed by atoms with Gasteiger partial charge in [-0.2, -0.15) is 0 Å². The molecule has 0 aromatic carbocycles. The second-order valence-electron chi connectivity index (χ2n) is 10.0. The molecule has 3 aromatic heterocycles. The number of carbonyl (C=O) groups excluding carboxylic acids is 1. The first kappa shape index (κ1) is 23.7. The van der Waals surface area contributed by atoms with Gasteiger partial charge in [0, 0.05) is 73.8 Å². The van der Waals surface area contributed by atoms with Crippen LogP contribution in [0.2, 0.25) is 0 Å².